The van der Waals surface area contributed by atoms with Gasteiger partial charge in [0.1, 0.15) is 5.75 Å². The van der Waals surface area contributed by atoms with E-state index >= 15 is 0 Å². The zero-order valence-electron chi connectivity index (χ0n) is 17.1. The average molecular weight is 409 g/mol. The maximum atomic E-state index is 12.9. The monoisotopic (exact) mass is 409 g/mol. The summed E-state index contributed by atoms with van der Waals surface area (Å²) in [5.74, 6) is 1.26. The molecule has 2 aliphatic heterocycles. The van der Waals surface area contributed by atoms with E-state index < -0.39 is 11.5 Å². The number of hydrogen-bond acceptors (Lipinski definition) is 4. The minimum Gasteiger partial charge on any atom is -0.455 e. The van der Waals surface area contributed by atoms with Crippen LogP contribution in [0.25, 0.3) is 0 Å². The molecule has 1 unspecified atom stereocenters. The van der Waals surface area contributed by atoms with Gasteiger partial charge in [0.15, 0.2) is 5.75 Å². The topological polar surface area (TPSA) is 90.9 Å². The number of para-hydroxylation sites is 1. The molecule has 30 heavy (non-hydrogen) atoms. The standard InChI is InChI=1S/C23H27N3O4/c1-16-7-8-20(30-18-5-3-2-4-6-18)19(13-16)25-22(29)26-11-9-23(10-12-26)14-17(27)15-24-21(23)28/h2-8,13,17,27H,9-12,14-15H2,1H3,(H,24,28)(H,25,29). The molecule has 2 aromatic carbocycles. The molecule has 2 saturated heterocycles. The van der Waals surface area contributed by atoms with E-state index in [1.807, 2.05) is 55.5 Å². The first-order valence-corrected chi connectivity index (χ1v) is 10.3. The number of piperidine rings is 2. The van der Waals surface area contributed by atoms with Gasteiger partial charge in [0.25, 0.3) is 0 Å². The SMILES string of the molecule is Cc1ccc(Oc2ccccc2)c(NC(=O)N2CCC3(CC2)CC(O)CNC3=O)c1. The number of nitrogens with one attached hydrogen (secondary N) is 2. The molecule has 2 aliphatic rings. The van der Waals surface area contributed by atoms with Gasteiger partial charge < -0.3 is 25.4 Å². The van der Waals surface area contributed by atoms with Crippen LogP contribution in [0, 0.1) is 12.3 Å². The number of aryl methyl sites for hydroxylation is 1. The number of likely N-dealkylation sites (tertiary alicyclic amines) is 1. The molecule has 7 nitrogen and oxygen atoms in total. The van der Waals surface area contributed by atoms with Gasteiger partial charge in [-0.3, -0.25) is 4.79 Å². The molecule has 4 rings (SSSR count). The number of anilines is 1. The number of aliphatic hydroxyl groups is 1. The Hall–Kier alpha value is -3.06. The van der Waals surface area contributed by atoms with Gasteiger partial charge in [0.2, 0.25) is 5.91 Å². The first kappa shape index (κ1) is 20.2. The predicted molar refractivity (Wildman–Crippen MR) is 114 cm³/mol. The summed E-state index contributed by atoms with van der Waals surface area (Å²) in [4.78, 5) is 27.0. The molecule has 3 N–H and O–H groups in total. The summed E-state index contributed by atoms with van der Waals surface area (Å²) in [6, 6.07) is 14.9. The second kappa shape index (κ2) is 8.36. The molecule has 2 fully saturated rings. The highest BCUT2D eigenvalue weighted by molar-refractivity contribution is 5.91. The fourth-order valence-electron chi connectivity index (χ4n) is 4.22. The third-order valence-corrected chi connectivity index (χ3v) is 5.96. The molecule has 1 spiro atoms. The Morgan fingerprint density at radius 2 is 1.93 bits per heavy atom. The summed E-state index contributed by atoms with van der Waals surface area (Å²) in [6.07, 6.45) is 1.03. The number of benzene rings is 2. The van der Waals surface area contributed by atoms with Crippen LogP contribution in [0.5, 0.6) is 11.5 Å². The number of urea groups is 1. The second-order valence-electron chi connectivity index (χ2n) is 8.18. The Balaban J connectivity index is 1.43. The van der Waals surface area contributed by atoms with Crippen LogP contribution >= 0.6 is 0 Å². The lowest BCUT2D eigenvalue weighted by Gasteiger charge is -2.44. The zero-order valence-corrected chi connectivity index (χ0v) is 17.1. The van der Waals surface area contributed by atoms with Crippen LogP contribution in [0.4, 0.5) is 10.5 Å². The fourth-order valence-corrected chi connectivity index (χ4v) is 4.22. The number of aliphatic hydroxyl groups excluding tert-OH is 1. The van der Waals surface area contributed by atoms with Crippen molar-refractivity contribution in [3.63, 3.8) is 0 Å². The molecule has 0 aliphatic carbocycles. The molecule has 158 valence electrons. The van der Waals surface area contributed by atoms with Crippen molar-refractivity contribution in [1.82, 2.24) is 10.2 Å². The van der Waals surface area contributed by atoms with Crippen molar-refractivity contribution in [2.75, 3.05) is 25.0 Å². The van der Waals surface area contributed by atoms with Crippen molar-refractivity contribution in [2.45, 2.75) is 32.3 Å². The molecule has 0 radical (unpaired) electrons. The first-order chi connectivity index (χ1) is 14.4. The Kier molecular flexibility index (Phi) is 5.63. The van der Waals surface area contributed by atoms with E-state index in [1.54, 1.807) is 4.90 Å². The van der Waals surface area contributed by atoms with Gasteiger partial charge in [-0.1, -0.05) is 24.3 Å². The molecule has 0 bridgehead atoms. The molecule has 2 heterocycles. The summed E-state index contributed by atoms with van der Waals surface area (Å²) >= 11 is 0. The van der Waals surface area contributed by atoms with Crippen LogP contribution in [-0.2, 0) is 4.79 Å². The molecule has 2 aromatic rings. The number of rotatable bonds is 3. The first-order valence-electron chi connectivity index (χ1n) is 10.3. The van der Waals surface area contributed by atoms with Gasteiger partial charge in [0, 0.05) is 19.6 Å². The molecular weight excluding hydrogens is 382 g/mol. The highest BCUT2D eigenvalue weighted by Gasteiger charge is 2.45. The smallest absolute Gasteiger partial charge is 0.321 e. The van der Waals surface area contributed by atoms with Crippen molar-refractivity contribution in [3.05, 3.63) is 54.1 Å². The summed E-state index contributed by atoms with van der Waals surface area (Å²) in [7, 11) is 0. The Labute approximate surface area is 176 Å². The van der Waals surface area contributed by atoms with Crippen LogP contribution in [0.1, 0.15) is 24.8 Å². The van der Waals surface area contributed by atoms with Crippen LogP contribution in [0.3, 0.4) is 0 Å². The van der Waals surface area contributed by atoms with Crippen molar-refractivity contribution in [1.29, 1.82) is 0 Å². The van der Waals surface area contributed by atoms with Gasteiger partial charge in [0.05, 0.1) is 17.2 Å². The van der Waals surface area contributed by atoms with Crippen LogP contribution in [-0.4, -0.2) is 47.7 Å². The molecule has 0 aromatic heterocycles. The van der Waals surface area contributed by atoms with Crippen molar-refractivity contribution < 1.29 is 19.4 Å². The minimum atomic E-state index is -0.570. The average Bonchev–Trinajstić information content (AvgIpc) is 2.74. The number of hydrogen-bond donors (Lipinski definition) is 3. The summed E-state index contributed by atoms with van der Waals surface area (Å²) in [6.45, 7) is 3.20. The number of carbonyl (C=O) groups is 2. The number of β-amino-alcohol motifs (C(OH)–C–C–N with tert-alkyl or cyclic N) is 1. The fraction of sp³-hybridized carbons (Fsp3) is 0.391. The van der Waals surface area contributed by atoms with Crippen molar-refractivity contribution in [2.24, 2.45) is 5.41 Å². The molecule has 3 amide bonds. The summed E-state index contributed by atoms with van der Waals surface area (Å²) < 4.78 is 5.95. The largest absolute Gasteiger partial charge is 0.455 e. The Morgan fingerprint density at radius 1 is 1.20 bits per heavy atom. The number of nitrogens with zero attached hydrogens (tertiary/aromatic N) is 1. The van der Waals surface area contributed by atoms with E-state index in [9.17, 15) is 14.7 Å². The highest BCUT2D eigenvalue weighted by atomic mass is 16.5. The van der Waals surface area contributed by atoms with Crippen molar-refractivity contribution >= 4 is 17.6 Å². The van der Waals surface area contributed by atoms with Gasteiger partial charge in [-0.2, -0.15) is 0 Å². The maximum Gasteiger partial charge on any atom is 0.321 e. The van der Waals surface area contributed by atoms with Crippen LogP contribution in [0.15, 0.2) is 48.5 Å². The van der Waals surface area contributed by atoms with Crippen LogP contribution < -0.4 is 15.4 Å². The Morgan fingerprint density at radius 3 is 2.67 bits per heavy atom. The highest BCUT2D eigenvalue weighted by Crippen LogP contribution is 2.39. The van der Waals surface area contributed by atoms with E-state index in [0.717, 1.165) is 5.56 Å². The van der Waals surface area contributed by atoms with E-state index in [1.165, 1.54) is 0 Å². The van der Waals surface area contributed by atoms with Gasteiger partial charge in [-0.05, 0) is 56.0 Å². The lowest BCUT2D eigenvalue weighted by atomic mass is 9.71. The minimum absolute atomic E-state index is 0.00918. The normalized spacial score (nSPS) is 20.5. The summed E-state index contributed by atoms with van der Waals surface area (Å²) in [5, 5.41) is 15.7. The van der Waals surface area contributed by atoms with Gasteiger partial charge in [-0.25, -0.2) is 4.79 Å². The number of amides is 3. The van der Waals surface area contributed by atoms with Crippen LogP contribution in [0.2, 0.25) is 0 Å². The van der Waals surface area contributed by atoms with E-state index in [0.29, 0.717) is 56.1 Å². The predicted octanol–water partition coefficient (Wildman–Crippen LogP) is 3.28. The zero-order chi connectivity index (χ0) is 21.1. The third kappa shape index (κ3) is 4.26. The summed E-state index contributed by atoms with van der Waals surface area (Å²) in [5.41, 5.74) is 1.05. The quantitative estimate of drug-likeness (QED) is 0.726. The molecule has 1 atom stereocenters. The van der Waals surface area contributed by atoms with Gasteiger partial charge in [-0.15, -0.1) is 0 Å². The number of carbonyl (C=O) groups excluding carboxylic acids is 2. The molecular formula is C23H27N3O4. The maximum absolute atomic E-state index is 12.9. The van der Waals surface area contributed by atoms with Crippen molar-refractivity contribution in [3.8, 4) is 11.5 Å². The van der Waals surface area contributed by atoms with E-state index in [4.69, 9.17) is 4.74 Å². The Bertz CT molecular complexity index is 923. The molecule has 0 saturated carbocycles. The lowest BCUT2D eigenvalue weighted by molar-refractivity contribution is -0.140. The molecule has 7 heteroatoms. The van der Waals surface area contributed by atoms with E-state index in [2.05, 4.69) is 10.6 Å². The lowest BCUT2D eigenvalue weighted by Crippen LogP contribution is -2.56. The number of ether oxygens (including phenoxy) is 1. The second-order valence-corrected chi connectivity index (χ2v) is 8.18. The van der Waals surface area contributed by atoms with Gasteiger partial charge >= 0.3 is 6.03 Å². The van der Waals surface area contributed by atoms with E-state index in [-0.39, 0.29) is 11.9 Å². The third-order valence-electron chi connectivity index (χ3n) is 5.96.